The number of carbonyl (C=O) groups is 3. The van der Waals surface area contributed by atoms with E-state index in [1.54, 1.807) is 0 Å². The Labute approximate surface area is 416 Å². The second-order valence-electron chi connectivity index (χ2n) is 19.6. The summed E-state index contributed by atoms with van der Waals surface area (Å²) < 4.78 is 16.8. The summed E-state index contributed by atoms with van der Waals surface area (Å²) in [6.07, 6.45) is 68.2. The van der Waals surface area contributed by atoms with Crippen LogP contribution in [-0.4, -0.2) is 37.2 Å². The predicted octanol–water partition coefficient (Wildman–Crippen LogP) is 19.4. The third kappa shape index (κ3) is 54.2. The van der Waals surface area contributed by atoms with Crippen molar-refractivity contribution < 1.29 is 28.6 Å². The summed E-state index contributed by atoms with van der Waals surface area (Å²) >= 11 is 0. The third-order valence-electron chi connectivity index (χ3n) is 12.8. The van der Waals surface area contributed by atoms with E-state index in [0.717, 1.165) is 64.2 Å². The molecule has 0 aliphatic rings. The van der Waals surface area contributed by atoms with Crippen LogP contribution in [0.3, 0.4) is 0 Å². The number of hydrogen-bond donors (Lipinski definition) is 0. The standard InChI is InChI=1S/C61H110O6/c1-4-7-10-13-16-19-22-25-28-30-33-36-39-42-45-48-51-54-60(63)66-57-58(56-65-59(62)53-50-47-44-41-38-35-32-27-24-21-18-15-12-9-6-3)67-61(64)55-52-49-46-43-40-37-34-31-29-26-23-20-17-14-11-8-5-2/h16,19,25,28,33,36,42,45,58H,4-15,17-18,20-24,26-27,29-32,34-35,37-41,43-44,46-57H2,1-3H3/b19-16+,28-25+,36-33+,45-42+/t58-/m1/s1. The van der Waals surface area contributed by atoms with Crippen molar-refractivity contribution in [2.24, 2.45) is 0 Å². The Kier molecular flexibility index (Phi) is 53.8. The quantitative estimate of drug-likeness (QED) is 0.0262. The molecule has 0 spiro atoms. The Morgan fingerprint density at radius 2 is 0.552 bits per heavy atom. The monoisotopic (exact) mass is 939 g/mol. The Bertz CT molecular complexity index is 1170. The van der Waals surface area contributed by atoms with Crippen molar-refractivity contribution in [1.29, 1.82) is 0 Å². The van der Waals surface area contributed by atoms with Crippen LogP contribution in [0, 0.1) is 0 Å². The van der Waals surface area contributed by atoms with Gasteiger partial charge in [-0.2, -0.15) is 0 Å². The number of hydrogen-bond acceptors (Lipinski definition) is 6. The average molecular weight is 940 g/mol. The summed E-state index contributed by atoms with van der Waals surface area (Å²) in [4.78, 5) is 38.1. The summed E-state index contributed by atoms with van der Waals surface area (Å²) in [7, 11) is 0. The summed E-state index contributed by atoms with van der Waals surface area (Å²) in [6.45, 7) is 6.61. The van der Waals surface area contributed by atoms with Gasteiger partial charge >= 0.3 is 17.9 Å². The molecule has 0 radical (unpaired) electrons. The minimum Gasteiger partial charge on any atom is -0.462 e. The summed E-state index contributed by atoms with van der Waals surface area (Å²) in [5.74, 6) is -0.926. The molecule has 0 saturated carbocycles. The number of esters is 3. The van der Waals surface area contributed by atoms with Crippen molar-refractivity contribution >= 4 is 17.9 Å². The van der Waals surface area contributed by atoms with Crippen LogP contribution >= 0.6 is 0 Å². The molecule has 0 bridgehead atoms. The highest BCUT2D eigenvalue weighted by molar-refractivity contribution is 5.71. The maximum atomic E-state index is 12.9. The smallest absolute Gasteiger partial charge is 0.306 e. The minimum absolute atomic E-state index is 0.0855. The van der Waals surface area contributed by atoms with Crippen molar-refractivity contribution in [1.82, 2.24) is 0 Å². The maximum Gasteiger partial charge on any atom is 0.306 e. The number of rotatable bonds is 53. The molecule has 0 saturated heterocycles. The van der Waals surface area contributed by atoms with E-state index >= 15 is 0 Å². The molecule has 0 aliphatic carbocycles. The fourth-order valence-electron chi connectivity index (χ4n) is 8.44. The Balaban J connectivity index is 4.42. The van der Waals surface area contributed by atoms with Gasteiger partial charge in [-0.05, 0) is 57.8 Å². The topological polar surface area (TPSA) is 78.9 Å². The van der Waals surface area contributed by atoms with Gasteiger partial charge in [-0.3, -0.25) is 14.4 Å². The molecule has 0 fully saturated rings. The Morgan fingerprint density at radius 1 is 0.299 bits per heavy atom. The summed E-state index contributed by atoms with van der Waals surface area (Å²) in [5.41, 5.74) is 0. The lowest BCUT2D eigenvalue weighted by molar-refractivity contribution is -0.167. The molecule has 0 N–H and O–H groups in total. The van der Waals surface area contributed by atoms with Crippen LogP contribution in [-0.2, 0) is 28.6 Å². The molecule has 0 aromatic carbocycles. The molecular formula is C61H110O6. The molecule has 0 rings (SSSR count). The number of unbranched alkanes of at least 4 members (excludes halogenated alkanes) is 34. The molecule has 0 unspecified atom stereocenters. The minimum atomic E-state index is -0.791. The van der Waals surface area contributed by atoms with Crippen LogP contribution in [0.2, 0.25) is 0 Å². The number of carbonyl (C=O) groups excluding carboxylic acids is 3. The second kappa shape index (κ2) is 56.0. The molecule has 6 nitrogen and oxygen atoms in total. The van der Waals surface area contributed by atoms with Crippen LogP contribution in [0.5, 0.6) is 0 Å². The zero-order valence-electron chi connectivity index (χ0n) is 44.7. The van der Waals surface area contributed by atoms with E-state index in [2.05, 4.69) is 69.4 Å². The average Bonchev–Trinajstić information content (AvgIpc) is 3.33. The lowest BCUT2D eigenvalue weighted by atomic mass is 10.0. The van der Waals surface area contributed by atoms with Crippen LogP contribution in [0.4, 0.5) is 0 Å². The van der Waals surface area contributed by atoms with E-state index in [-0.39, 0.29) is 37.5 Å². The van der Waals surface area contributed by atoms with Crippen LogP contribution in [0.15, 0.2) is 48.6 Å². The van der Waals surface area contributed by atoms with Crippen LogP contribution < -0.4 is 0 Å². The SMILES string of the molecule is CCCCC/C=C/C/C=C/C/C=C/C/C=C/CCCC(=O)OC[C@@H](COC(=O)CCCCCCCCCCCCCCCCC)OC(=O)CCCCCCCCCCCCCCCCCCC. The molecule has 0 aromatic rings. The maximum absolute atomic E-state index is 12.9. The van der Waals surface area contributed by atoms with Crippen molar-refractivity contribution in [2.75, 3.05) is 13.2 Å². The van der Waals surface area contributed by atoms with E-state index < -0.39 is 6.10 Å². The van der Waals surface area contributed by atoms with Gasteiger partial charge in [0, 0.05) is 19.3 Å². The number of allylic oxidation sites excluding steroid dienone is 8. The Morgan fingerprint density at radius 3 is 0.896 bits per heavy atom. The molecule has 6 heteroatoms. The van der Waals surface area contributed by atoms with Gasteiger partial charge in [0.1, 0.15) is 13.2 Å². The van der Waals surface area contributed by atoms with E-state index in [9.17, 15) is 14.4 Å². The van der Waals surface area contributed by atoms with Crippen molar-refractivity contribution in [2.45, 2.75) is 309 Å². The van der Waals surface area contributed by atoms with Crippen molar-refractivity contribution in [3.8, 4) is 0 Å². The lowest BCUT2D eigenvalue weighted by Crippen LogP contribution is -2.30. The zero-order chi connectivity index (χ0) is 48.6. The molecule has 0 heterocycles. The largest absolute Gasteiger partial charge is 0.462 e. The van der Waals surface area contributed by atoms with E-state index in [1.165, 1.54) is 193 Å². The van der Waals surface area contributed by atoms with Gasteiger partial charge in [0.25, 0.3) is 0 Å². The third-order valence-corrected chi connectivity index (χ3v) is 12.8. The van der Waals surface area contributed by atoms with E-state index in [1.807, 2.05) is 0 Å². The lowest BCUT2D eigenvalue weighted by Gasteiger charge is -2.18. The molecule has 67 heavy (non-hydrogen) atoms. The first-order valence-corrected chi connectivity index (χ1v) is 29.1. The van der Waals surface area contributed by atoms with E-state index in [4.69, 9.17) is 14.2 Å². The van der Waals surface area contributed by atoms with E-state index in [0.29, 0.717) is 19.3 Å². The predicted molar refractivity (Wildman–Crippen MR) is 289 cm³/mol. The van der Waals surface area contributed by atoms with Gasteiger partial charge < -0.3 is 14.2 Å². The summed E-state index contributed by atoms with van der Waals surface area (Å²) in [5, 5.41) is 0. The molecule has 1 atom stereocenters. The van der Waals surface area contributed by atoms with Gasteiger partial charge in [0.05, 0.1) is 0 Å². The van der Waals surface area contributed by atoms with Crippen LogP contribution in [0.1, 0.15) is 303 Å². The molecule has 0 aromatic heterocycles. The summed E-state index contributed by atoms with van der Waals surface area (Å²) in [6, 6.07) is 0. The van der Waals surface area contributed by atoms with Gasteiger partial charge in [0.15, 0.2) is 6.10 Å². The molecule has 390 valence electrons. The highest BCUT2D eigenvalue weighted by Crippen LogP contribution is 2.17. The van der Waals surface area contributed by atoms with Crippen LogP contribution in [0.25, 0.3) is 0 Å². The first-order chi connectivity index (χ1) is 33.0. The molecule has 0 amide bonds. The first kappa shape index (κ1) is 64.4. The van der Waals surface area contributed by atoms with Gasteiger partial charge in [-0.25, -0.2) is 0 Å². The van der Waals surface area contributed by atoms with Crippen molar-refractivity contribution in [3.63, 3.8) is 0 Å². The first-order valence-electron chi connectivity index (χ1n) is 29.1. The fourth-order valence-corrected chi connectivity index (χ4v) is 8.44. The molecule has 0 aliphatic heterocycles. The van der Waals surface area contributed by atoms with Gasteiger partial charge in [0.2, 0.25) is 0 Å². The van der Waals surface area contributed by atoms with Gasteiger partial charge in [-0.15, -0.1) is 0 Å². The fraction of sp³-hybridized carbons (Fsp3) is 0.820. The van der Waals surface area contributed by atoms with Crippen molar-refractivity contribution in [3.05, 3.63) is 48.6 Å². The second-order valence-corrected chi connectivity index (χ2v) is 19.6. The normalized spacial score (nSPS) is 12.3. The molecular weight excluding hydrogens is 829 g/mol. The highest BCUT2D eigenvalue weighted by atomic mass is 16.6. The number of ether oxygens (including phenoxy) is 3. The highest BCUT2D eigenvalue weighted by Gasteiger charge is 2.19. The zero-order valence-corrected chi connectivity index (χ0v) is 44.7. The Hall–Kier alpha value is -2.63. The van der Waals surface area contributed by atoms with Gasteiger partial charge in [-0.1, -0.05) is 275 Å².